The van der Waals surface area contributed by atoms with Gasteiger partial charge in [0.2, 0.25) is 0 Å². The van der Waals surface area contributed by atoms with Crippen molar-refractivity contribution in [3.8, 4) is 0 Å². The Morgan fingerprint density at radius 1 is 1.21 bits per heavy atom. The summed E-state index contributed by atoms with van der Waals surface area (Å²) < 4.78 is 0. The number of allylic oxidation sites excluding steroid dienone is 1. The Labute approximate surface area is 114 Å². The zero-order valence-electron chi connectivity index (χ0n) is 11.7. The second kappa shape index (κ2) is 4.75. The minimum absolute atomic E-state index is 0.00610. The van der Waals surface area contributed by atoms with E-state index in [1.54, 1.807) is 0 Å². The molecule has 2 bridgehead atoms. The van der Waals surface area contributed by atoms with Gasteiger partial charge < -0.3 is 10.6 Å². The molecule has 2 N–H and O–H groups in total. The molecule has 0 saturated heterocycles. The molecule has 2 atom stereocenters. The molecular weight excluding hydrogens is 238 g/mol. The molecule has 0 aromatic carbocycles. The molecule has 104 valence electrons. The van der Waals surface area contributed by atoms with Crippen molar-refractivity contribution in [2.45, 2.75) is 62.4 Å². The molecule has 2 aliphatic carbocycles. The molecule has 4 heteroatoms. The molecule has 1 heterocycles. The van der Waals surface area contributed by atoms with Crippen molar-refractivity contribution < 1.29 is 4.79 Å². The van der Waals surface area contributed by atoms with E-state index >= 15 is 0 Å². The van der Waals surface area contributed by atoms with Crippen molar-refractivity contribution in [2.75, 3.05) is 7.05 Å². The number of hydrogen-bond donors (Lipinski definition) is 2. The van der Waals surface area contributed by atoms with Gasteiger partial charge in [0.05, 0.1) is 0 Å². The van der Waals surface area contributed by atoms with E-state index in [-0.39, 0.29) is 17.0 Å². The number of amides is 1. The van der Waals surface area contributed by atoms with E-state index in [0.717, 1.165) is 32.1 Å². The first kappa shape index (κ1) is 12.9. The minimum atomic E-state index is 0.00610. The van der Waals surface area contributed by atoms with E-state index < -0.39 is 0 Å². The van der Waals surface area contributed by atoms with Gasteiger partial charge in [-0.1, -0.05) is 6.08 Å². The molecule has 2 saturated carbocycles. The second-order valence-corrected chi connectivity index (χ2v) is 6.27. The van der Waals surface area contributed by atoms with Gasteiger partial charge in [0, 0.05) is 17.3 Å². The summed E-state index contributed by atoms with van der Waals surface area (Å²) in [6, 6.07) is 0. The molecule has 0 aromatic rings. The molecule has 0 radical (unpaired) electrons. The van der Waals surface area contributed by atoms with Crippen LogP contribution in [0, 0.1) is 0 Å². The normalized spacial score (nSPS) is 37.0. The van der Waals surface area contributed by atoms with Crippen molar-refractivity contribution in [1.82, 2.24) is 10.6 Å². The van der Waals surface area contributed by atoms with Crippen LogP contribution in [-0.2, 0) is 4.79 Å². The summed E-state index contributed by atoms with van der Waals surface area (Å²) in [5, 5.41) is 6.78. The molecule has 1 amide bonds. The van der Waals surface area contributed by atoms with Crippen molar-refractivity contribution >= 4 is 12.1 Å². The summed E-state index contributed by atoms with van der Waals surface area (Å²) in [5.41, 5.74) is 0.871. The molecular formula is C15H23N3O. The van der Waals surface area contributed by atoms with Crippen LogP contribution in [0.1, 0.15) is 51.4 Å². The first-order valence-electron chi connectivity index (χ1n) is 7.41. The highest BCUT2D eigenvalue weighted by Crippen LogP contribution is 2.47. The van der Waals surface area contributed by atoms with Crippen LogP contribution in [0.2, 0.25) is 0 Å². The monoisotopic (exact) mass is 261 g/mol. The SMILES string of the molecule is CN[C@]12CCC[C@](NC(=O)C3=CCCC=N3)(CC1)C2. The third-order valence-electron chi connectivity index (χ3n) is 5.08. The predicted octanol–water partition coefficient (Wildman–Crippen LogP) is 1.92. The van der Waals surface area contributed by atoms with E-state index in [0.29, 0.717) is 5.70 Å². The maximum atomic E-state index is 12.3. The number of nitrogens with zero attached hydrogens (tertiary/aromatic N) is 1. The van der Waals surface area contributed by atoms with Crippen LogP contribution >= 0.6 is 0 Å². The van der Waals surface area contributed by atoms with Crippen LogP contribution in [0.4, 0.5) is 0 Å². The Kier molecular flexibility index (Phi) is 3.21. The van der Waals surface area contributed by atoms with Crippen LogP contribution < -0.4 is 10.6 Å². The number of rotatable bonds is 3. The third-order valence-corrected chi connectivity index (χ3v) is 5.08. The van der Waals surface area contributed by atoms with E-state index in [1.165, 1.54) is 19.3 Å². The second-order valence-electron chi connectivity index (χ2n) is 6.27. The smallest absolute Gasteiger partial charge is 0.269 e. The lowest BCUT2D eigenvalue weighted by Crippen LogP contribution is -2.53. The number of carbonyl (C=O) groups excluding carboxylic acids is 1. The van der Waals surface area contributed by atoms with Crippen LogP contribution in [0.25, 0.3) is 0 Å². The zero-order chi connectivity index (χ0) is 13.3. The predicted molar refractivity (Wildman–Crippen MR) is 76.2 cm³/mol. The number of nitrogens with one attached hydrogen (secondary N) is 2. The van der Waals surface area contributed by atoms with Gasteiger partial charge >= 0.3 is 0 Å². The van der Waals surface area contributed by atoms with Crippen molar-refractivity contribution in [1.29, 1.82) is 0 Å². The molecule has 3 aliphatic rings. The lowest BCUT2D eigenvalue weighted by molar-refractivity contribution is -0.119. The average Bonchev–Trinajstić information content (AvgIpc) is 2.71. The summed E-state index contributed by atoms with van der Waals surface area (Å²) >= 11 is 0. The van der Waals surface area contributed by atoms with E-state index in [2.05, 4.69) is 22.7 Å². The number of aliphatic imine (C=N–C) groups is 1. The molecule has 1 aliphatic heterocycles. The van der Waals surface area contributed by atoms with Gasteiger partial charge in [-0.15, -0.1) is 0 Å². The summed E-state index contributed by atoms with van der Waals surface area (Å²) in [7, 11) is 2.05. The fraction of sp³-hybridized carbons (Fsp3) is 0.733. The molecule has 2 fully saturated rings. The quantitative estimate of drug-likeness (QED) is 0.815. The fourth-order valence-corrected chi connectivity index (χ4v) is 3.97. The van der Waals surface area contributed by atoms with Gasteiger partial charge in [0.25, 0.3) is 5.91 Å². The lowest BCUT2D eigenvalue weighted by Gasteiger charge is -2.40. The Morgan fingerprint density at radius 2 is 2.00 bits per heavy atom. The largest absolute Gasteiger partial charge is 0.345 e. The zero-order valence-corrected chi connectivity index (χ0v) is 11.7. The van der Waals surface area contributed by atoms with E-state index in [4.69, 9.17) is 0 Å². The van der Waals surface area contributed by atoms with Gasteiger partial charge in [-0.05, 0) is 58.4 Å². The Balaban J connectivity index is 1.71. The van der Waals surface area contributed by atoms with Crippen LogP contribution in [0.3, 0.4) is 0 Å². The number of hydrogen-bond acceptors (Lipinski definition) is 3. The first-order chi connectivity index (χ1) is 9.17. The fourth-order valence-electron chi connectivity index (χ4n) is 3.97. The highest BCUT2D eigenvalue weighted by molar-refractivity contribution is 5.95. The highest BCUT2D eigenvalue weighted by atomic mass is 16.2. The lowest BCUT2D eigenvalue weighted by atomic mass is 9.78. The van der Waals surface area contributed by atoms with Crippen molar-refractivity contribution in [3.63, 3.8) is 0 Å². The topological polar surface area (TPSA) is 53.5 Å². The summed E-state index contributed by atoms with van der Waals surface area (Å²) in [6.45, 7) is 0. The third kappa shape index (κ3) is 2.34. The highest BCUT2D eigenvalue weighted by Gasteiger charge is 2.51. The molecule has 3 rings (SSSR count). The maximum absolute atomic E-state index is 12.3. The van der Waals surface area contributed by atoms with Crippen molar-refractivity contribution in [3.05, 3.63) is 11.8 Å². The van der Waals surface area contributed by atoms with Gasteiger partial charge in [-0.2, -0.15) is 0 Å². The molecule has 0 unspecified atom stereocenters. The van der Waals surface area contributed by atoms with Crippen molar-refractivity contribution in [2.24, 2.45) is 4.99 Å². The molecule has 0 spiro atoms. The van der Waals surface area contributed by atoms with Gasteiger partial charge in [-0.25, -0.2) is 0 Å². The first-order valence-corrected chi connectivity index (χ1v) is 7.41. The summed E-state index contributed by atoms with van der Waals surface area (Å²) in [6.07, 6.45) is 12.6. The molecule has 0 aromatic heterocycles. The summed E-state index contributed by atoms with van der Waals surface area (Å²) in [4.78, 5) is 16.5. The van der Waals surface area contributed by atoms with Crippen LogP contribution in [-0.4, -0.2) is 30.2 Å². The Bertz CT molecular complexity index is 443. The standard InChI is InChI=1S/C15H23N3O/c1-16-14-6-4-7-15(11-14,9-8-14)18-13(19)12-5-2-3-10-17-12/h5,10,16H,2-4,6-9,11H2,1H3,(H,18,19)/t14-,15+/m1/s1. The Hall–Kier alpha value is -1.16. The Morgan fingerprint density at radius 3 is 2.74 bits per heavy atom. The number of carbonyl (C=O) groups is 1. The summed E-state index contributed by atoms with van der Waals surface area (Å²) in [5.74, 6) is 0.0183. The maximum Gasteiger partial charge on any atom is 0.269 e. The van der Waals surface area contributed by atoms with Gasteiger partial charge in [0.15, 0.2) is 0 Å². The van der Waals surface area contributed by atoms with Crippen LogP contribution in [0.15, 0.2) is 16.8 Å². The number of fused-ring (bicyclic) bond motifs is 2. The van der Waals surface area contributed by atoms with E-state index in [9.17, 15) is 4.79 Å². The average molecular weight is 261 g/mol. The van der Waals surface area contributed by atoms with Gasteiger partial charge in [-0.3, -0.25) is 9.79 Å². The minimum Gasteiger partial charge on any atom is -0.345 e. The molecule has 19 heavy (non-hydrogen) atoms. The van der Waals surface area contributed by atoms with E-state index in [1.807, 2.05) is 12.3 Å². The van der Waals surface area contributed by atoms with Crippen LogP contribution in [0.5, 0.6) is 0 Å². The molecule has 4 nitrogen and oxygen atoms in total. The van der Waals surface area contributed by atoms with Gasteiger partial charge in [0.1, 0.15) is 5.70 Å².